The summed E-state index contributed by atoms with van der Waals surface area (Å²) in [5.74, 6) is 0.468. The van der Waals surface area contributed by atoms with Crippen LogP contribution < -0.4 is 4.74 Å². The van der Waals surface area contributed by atoms with E-state index in [1.54, 1.807) is 31.2 Å². The van der Waals surface area contributed by atoms with Gasteiger partial charge in [0.05, 0.1) is 7.11 Å². The first-order valence-corrected chi connectivity index (χ1v) is 5.06. The molecule has 5 nitrogen and oxygen atoms in total. The Morgan fingerprint density at radius 3 is 2.62 bits per heavy atom. The lowest BCUT2D eigenvalue weighted by Gasteiger charge is -2.17. The fourth-order valence-corrected chi connectivity index (χ4v) is 1.61. The summed E-state index contributed by atoms with van der Waals surface area (Å²) in [5.41, 5.74) is 0.452. The molecule has 0 heterocycles. The third-order valence-corrected chi connectivity index (χ3v) is 2.51. The molecule has 0 aromatic heterocycles. The van der Waals surface area contributed by atoms with Gasteiger partial charge in [-0.1, -0.05) is 25.1 Å². The van der Waals surface area contributed by atoms with Crippen molar-refractivity contribution in [3.63, 3.8) is 0 Å². The van der Waals surface area contributed by atoms with Crippen LogP contribution in [-0.2, 0) is 0 Å². The average molecular weight is 225 g/mol. The van der Waals surface area contributed by atoms with Gasteiger partial charge in [-0.3, -0.25) is 10.1 Å². The Bertz CT molecular complexity index is 367. The van der Waals surface area contributed by atoms with Gasteiger partial charge in [0.15, 0.2) is 0 Å². The van der Waals surface area contributed by atoms with Crippen molar-refractivity contribution in [1.82, 2.24) is 0 Å². The fourth-order valence-electron chi connectivity index (χ4n) is 1.61. The minimum absolute atomic E-state index is 0.270. The van der Waals surface area contributed by atoms with E-state index in [4.69, 9.17) is 4.74 Å². The molecule has 0 unspecified atom stereocenters. The molecule has 0 aliphatic heterocycles. The first-order chi connectivity index (χ1) is 7.61. The number of ether oxygens (including phenoxy) is 1. The lowest BCUT2D eigenvalue weighted by atomic mass is 10.00. The van der Waals surface area contributed by atoms with E-state index in [9.17, 15) is 15.2 Å². The van der Waals surface area contributed by atoms with Gasteiger partial charge in [0, 0.05) is 16.9 Å². The maximum Gasteiger partial charge on any atom is 0.242 e. The third-order valence-electron chi connectivity index (χ3n) is 2.51. The molecule has 0 bridgehead atoms. The van der Waals surface area contributed by atoms with E-state index in [-0.39, 0.29) is 6.42 Å². The summed E-state index contributed by atoms with van der Waals surface area (Å²) in [6, 6.07) is 5.77. The molecular weight excluding hydrogens is 210 g/mol. The molecule has 0 aliphatic rings. The van der Waals surface area contributed by atoms with Crippen molar-refractivity contribution >= 4 is 0 Å². The first kappa shape index (κ1) is 12.4. The maximum absolute atomic E-state index is 10.7. The molecule has 0 amide bonds. The van der Waals surface area contributed by atoms with Crippen molar-refractivity contribution in [3.05, 3.63) is 39.9 Å². The summed E-state index contributed by atoms with van der Waals surface area (Å²) in [5, 5.41) is 20.7. The van der Waals surface area contributed by atoms with Crippen molar-refractivity contribution < 1.29 is 14.8 Å². The van der Waals surface area contributed by atoms with Gasteiger partial charge in [0.1, 0.15) is 11.9 Å². The molecule has 16 heavy (non-hydrogen) atoms. The van der Waals surface area contributed by atoms with Gasteiger partial charge in [0.25, 0.3) is 0 Å². The van der Waals surface area contributed by atoms with Gasteiger partial charge in [0.2, 0.25) is 6.04 Å². The van der Waals surface area contributed by atoms with E-state index in [0.29, 0.717) is 11.3 Å². The average Bonchev–Trinajstić information content (AvgIpc) is 2.29. The van der Waals surface area contributed by atoms with Crippen LogP contribution in [0.4, 0.5) is 0 Å². The van der Waals surface area contributed by atoms with Crippen LogP contribution in [-0.4, -0.2) is 23.2 Å². The molecule has 2 atom stereocenters. The van der Waals surface area contributed by atoms with Crippen molar-refractivity contribution in [3.8, 4) is 5.75 Å². The van der Waals surface area contributed by atoms with E-state index < -0.39 is 17.1 Å². The number of methoxy groups -OCH3 is 1. The van der Waals surface area contributed by atoms with Crippen molar-refractivity contribution in [2.75, 3.05) is 7.11 Å². The molecule has 5 heteroatoms. The lowest BCUT2D eigenvalue weighted by Crippen LogP contribution is -2.27. The van der Waals surface area contributed by atoms with Crippen LogP contribution >= 0.6 is 0 Å². The molecular formula is C11H15NO4. The van der Waals surface area contributed by atoms with E-state index in [1.807, 2.05) is 0 Å². The van der Waals surface area contributed by atoms with Gasteiger partial charge >= 0.3 is 0 Å². The zero-order valence-electron chi connectivity index (χ0n) is 9.29. The predicted molar refractivity (Wildman–Crippen MR) is 59.0 cm³/mol. The van der Waals surface area contributed by atoms with Gasteiger partial charge in [-0.2, -0.15) is 0 Å². The minimum Gasteiger partial charge on any atom is -0.496 e. The van der Waals surface area contributed by atoms with Gasteiger partial charge in [-0.05, 0) is 6.07 Å². The Kier molecular flexibility index (Phi) is 4.25. The second-order valence-electron chi connectivity index (χ2n) is 3.45. The Balaban J connectivity index is 3.02. The van der Waals surface area contributed by atoms with Crippen LogP contribution in [0.15, 0.2) is 24.3 Å². The molecule has 0 saturated carbocycles. The van der Waals surface area contributed by atoms with Crippen LogP contribution in [0.1, 0.15) is 25.0 Å². The Morgan fingerprint density at radius 1 is 1.50 bits per heavy atom. The molecule has 0 spiro atoms. The van der Waals surface area contributed by atoms with E-state index in [1.165, 1.54) is 7.11 Å². The van der Waals surface area contributed by atoms with Gasteiger partial charge in [-0.15, -0.1) is 0 Å². The summed E-state index contributed by atoms with van der Waals surface area (Å²) in [6.45, 7) is 1.67. The largest absolute Gasteiger partial charge is 0.496 e. The van der Waals surface area contributed by atoms with Crippen molar-refractivity contribution in [2.24, 2.45) is 0 Å². The van der Waals surface area contributed by atoms with Crippen LogP contribution in [0, 0.1) is 10.1 Å². The van der Waals surface area contributed by atoms with Crippen molar-refractivity contribution in [1.29, 1.82) is 0 Å². The highest BCUT2D eigenvalue weighted by atomic mass is 16.6. The second kappa shape index (κ2) is 5.46. The summed E-state index contributed by atoms with van der Waals surface area (Å²) in [6.07, 6.45) is -0.872. The Labute approximate surface area is 93.8 Å². The smallest absolute Gasteiger partial charge is 0.242 e. The monoisotopic (exact) mass is 225 g/mol. The SMILES string of the molecule is CC[C@@H]([C@@H](O)c1ccccc1OC)[N+](=O)[O-]. The molecule has 0 radical (unpaired) electrons. The fraction of sp³-hybridized carbons (Fsp3) is 0.455. The number of benzene rings is 1. The normalized spacial score (nSPS) is 14.2. The van der Waals surface area contributed by atoms with E-state index in [0.717, 1.165) is 0 Å². The Hall–Kier alpha value is -1.62. The van der Waals surface area contributed by atoms with Gasteiger partial charge in [-0.25, -0.2) is 0 Å². The zero-order valence-corrected chi connectivity index (χ0v) is 9.29. The number of aliphatic hydroxyl groups excluding tert-OH is 1. The lowest BCUT2D eigenvalue weighted by molar-refractivity contribution is -0.536. The molecule has 1 rings (SSSR count). The molecule has 0 aliphatic carbocycles. The highest BCUT2D eigenvalue weighted by Crippen LogP contribution is 2.28. The second-order valence-corrected chi connectivity index (χ2v) is 3.45. The first-order valence-electron chi connectivity index (χ1n) is 5.06. The number of para-hydroxylation sites is 1. The van der Waals surface area contributed by atoms with Crippen LogP contribution in [0.3, 0.4) is 0 Å². The zero-order chi connectivity index (χ0) is 12.1. The summed E-state index contributed by atoms with van der Waals surface area (Å²) >= 11 is 0. The highest BCUT2D eigenvalue weighted by molar-refractivity contribution is 5.35. The minimum atomic E-state index is -1.14. The highest BCUT2D eigenvalue weighted by Gasteiger charge is 2.30. The molecule has 1 aromatic rings. The summed E-state index contributed by atoms with van der Waals surface area (Å²) in [4.78, 5) is 10.3. The molecule has 0 fully saturated rings. The number of hydrogen-bond donors (Lipinski definition) is 1. The van der Waals surface area contributed by atoms with Crippen LogP contribution in [0.2, 0.25) is 0 Å². The number of nitrogens with zero attached hydrogens (tertiary/aromatic N) is 1. The van der Waals surface area contributed by atoms with Crippen LogP contribution in [0.5, 0.6) is 5.75 Å². The van der Waals surface area contributed by atoms with Crippen molar-refractivity contribution in [2.45, 2.75) is 25.5 Å². The summed E-state index contributed by atoms with van der Waals surface area (Å²) < 4.78 is 5.06. The number of nitro groups is 1. The Morgan fingerprint density at radius 2 is 2.12 bits per heavy atom. The standard InChI is InChI=1S/C11H15NO4/c1-3-9(12(14)15)11(13)8-6-4-5-7-10(8)16-2/h4-7,9,11,13H,3H2,1-2H3/t9-,11-/m0/s1. The van der Waals surface area contributed by atoms with Gasteiger partial charge < -0.3 is 9.84 Å². The predicted octanol–water partition coefficient (Wildman–Crippen LogP) is 1.78. The number of rotatable bonds is 5. The molecule has 1 aromatic carbocycles. The molecule has 0 saturated heterocycles. The maximum atomic E-state index is 10.7. The number of aliphatic hydroxyl groups is 1. The molecule has 1 N–H and O–H groups in total. The molecule has 88 valence electrons. The quantitative estimate of drug-likeness (QED) is 0.612. The van der Waals surface area contributed by atoms with E-state index >= 15 is 0 Å². The third kappa shape index (κ3) is 2.49. The van der Waals surface area contributed by atoms with E-state index in [2.05, 4.69) is 0 Å². The van der Waals surface area contributed by atoms with Crippen LogP contribution in [0.25, 0.3) is 0 Å². The summed E-state index contributed by atoms with van der Waals surface area (Å²) in [7, 11) is 1.47. The number of hydrogen-bond acceptors (Lipinski definition) is 4. The topological polar surface area (TPSA) is 72.6 Å².